The van der Waals surface area contributed by atoms with Gasteiger partial charge in [-0.25, -0.2) is 4.39 Å². The molecule has 0 spiro atoms. The summed E-state index contributed by atoms with van der Waals surface area (Å²) in [6.07, 6.45) is 0.734. The van der Waals surface area contributed by atoms with Crippen LogP contribution in [0.1, 0.15) is 11.1 Å². The van der Waals surface area contributed by atoms with Crippen LogP contribution in [-0.4, -0.2) is 26.7 Å². The van der Waals surface area contributed by atoms with E-state index in [0.29, 0.717) is 19.0 Å². The van der Waals surface area contributed by atoms with Gasteiger partial charge < -0.3 is 15.4 Å². The predicted molar refractivity (Wildman–Crippen MR) is 91.3 cm³/mol. The zero-order chi connectivity index (χ0) is 16.5. The summed E-state index contributed by atoms with van der Waals surface area (Å²) in [5.74, 6) is 1.34. The van der Waals surface area contributed by atoms with Crippen LogP contribution in [0.2, 0.25) is 0 Å². The van der Waals surface area contributed by atoms with E-state index < -0.39 is 0 Å². The van der Waals surface area contributed by atoms with Crippen molar-refractivity contribution >= 4 is 5.96 Å². The lowest BCUT2D eigenvalue weighted by Gasteiger charge is -2.12. The summed E-state index contributed by atoms with van der Waals surface area (Å²) in [4.78, 5) is 4.18. The Morgan fingerprint density at radius 3 is 2.61 bits per heavy atom. The fourth-order valence-electron chi connectivity index (χ4n) is 2.21. The van der Waals surface area contributed by atoms with Crippen LogP contribution in [0.15, 0.2) is 53.5 Å². The summed E-state index contributed by atoms with van der Waals surface area (Å²) < 4.78 is 18.3. The normalized spacial score (nSPS) is 11.2. The van der Waals surface area contributed by atoms with Gasteiger partial charge in [0.1, 0.15) is 11.6 Å². The first-order valence-electron chi connectivity index (χ1n) is 7.53. The quantitative estimate of drug-likeness (QED) is 0.636. The van der Waals surface area contributed by atoms with Gasteiger partial charge in [-0.2, -0.15) is 0 Å². The Morgan fingerprint density at radius 1 is 1.09 bits per heavy atom. The molecule has 0 fully saturated rings. The summed E-state index contributed by atoms with van der Waals surface area (Å²) in [7, 11) is 3.38. The van der Waals surface area contributed by atoms with E-state index in [1.165, 1.54) is 6.07 Å². The maximum Gasteiger partial charge on any atom is 0.191 e. The van der Waals surface area contributed by atoms with Crippen molar-refractivity contribution < 1.29 is 9.13 Å². The monoisotopic (exact) mass is 315 g/mol. The molecule has 0 amide bonds. The van der Waals surface area contributed by atoms with E-state index in [1.807, 2.05) is 30.3 Å². The van der Waals surface area contributed by atoms with Gasteiger partial charge in [-0.3, -0.25) is 4.99 Å². The fraction of sp³-hybridized carbons (Fsp3) is 0.278. The molecule has 0 aliphatic carbocycles. The van der Waals surface area contributed by atoms with Crippen LogP contribution < -0.4 is 15.4 Å². The van der Waals surface area contributed by atoms with E-state index in [4.69, 9.17) is 4.74 Å². The van der Waals surface area contributed by atoms with Gasteiger partial charge in [0.25, 0.3) is 0 Å². The molecule has 2 rings (SSSR count). The van der Waals surface area contributed by atoms with Crippen molar-refractivity contribution in [3.63, 3.8) is 0 Å². The molecule has 0 heterocycles. The Kier molecular flexibility index (Phi) is 6.41. The van der Waals surface area contributed by atoms with E-state index in [0.717, 1.165) is 23.3 Å². The number of hydrogen-bond acceptors (Lipinski definition) is 2. The minimum atomic E-state index is -0.206. The highest BCUT2D eigenvalue weighted by Crippen LogP contribution is 2.12. The van der Waals surface area contributed by atoms with Crippen molar-refractivity contribution in [2.45, 2.75) is 13.0 Å². The second-order valence-electron chi connectivity index (χ2n) is 5.08. The van der Waals surface area contributed by atoms with Gasteiger partial charge in [0.2, 0.25) is 0 Å². The van der Waals surface area contributed by atoms with Crippen LogP contribution in [0, 0.1) is 5.82 Å². The average Bonchev–Trinajstić information content (AvgIpc) is 2.58. The molecule has 2 aromatic rings. The van der Waals surface area contributed by atoms with Crippen molar-refractivity contribution in [3.8, 4) is 5.75 Å². The maximum absolute atomic E-state index is 13.1. The Morgan fingerprint density at radius 2 is 1.87 bits per heavy atom. The number of guanidine groups is 1. The molecule has 0 aliphatic rings. The molecule has 0 saturated heterocycles. The molecule has 4 nitrogen and oxygen atoms in total. The summed E-state index contributed by atoms with van der Waals surface area (Å²) in [5, 5.41) is 6.47. The smallest absolute Gasteiger partial charge is 0.191 e. The van der Waals surface area contributed by atoms with Crippen molar-refractivity contribution in [1.29, 1.82) is 0 Å². The number of rotatable bonds is 6. The number of benzene rings is 2. The maximum atomic E-state index is 13.1. The summed E-state index contributed by atoms with van der Waals surface area (Å²) in [6, 6.07) is 14.5. The first-order valence-corrected chi connectivity index (χ1v) is 7.53. The number of nitrogens with zero attached hydrogens (tertiary/aromatic N) is 1. The first kappa shape index (κ1) is 16.8. The number of halogens is 1. The zero-order valence-corrected chi connectivity index (χ0v) is 13.5. The van der Waals surface area contributed by atoms with Crippen molar-refractivity contribution in [3.05, 3.63) is 65.5 Å². The summed E-state index contributed by atoms with van der Waals surface area (Å²) >= 11 is 0. The molecule has 0 bridgehead atoms. The fourth-order valence-corrected chi connectivity index (χ4v) is 2.21. The van der Waals surface area contributed by atoms with Crippen molar-refractivity contribution in [1.82, 2.24) is 10.6 Å². The van der Waals surface area contributed by atoms with Gasteiger partial charge in [0.05, 0.1) is 7.11 Å². The van der Waals surface area contributed by atoms with Crippen LogP contribution >= 0.6 is 0 Å². The predicted octanol–water partition coefficient (Wildman–Crippen LogP) is 2.74. The van der Waals surface area contributed by atoms with E-state index in [9.17, 15) is 4.39 Å². The van der Waals surface area contributed by atoms with E-state index in [1.54, 1.807) is 26.3 Å². The van der Waals surface area contributed by atoms with Crippen molar-refractivity contribution in [2.75, 3.05) is 20.7 Å². The van der Waals surface area contributed by atoms with Crippen LogP contribution in [0.4, 0.5) is 4.39 Å². The summed E-state index contributed by atoms with van der Waals surface area (Å²) in [6.45, 7) is 1.33. The van der Waals surface area contributed by atoms with Crippen molar-refractivity contribution in [2.24, 2.45) is 4.99 Å². The van der Waals surface area contributed by atoms with Gasteiger partial charge in [0, 0.05) is 20.1 Å². The van der Waals surface area contributed by atoms with Crippen LogP contribution in [-0.2, 0) is 13.0 Å². The highest BCUT2D eigenvalue weighted by molar-refractivity contribution is 5.79. The second kappa shape index (κ2) is 8.78. The third kappa shape index (κ3) is 5.62. The van der Waals surface area contributed by atoms with Gasteiger partial charge in [-0.1, -0.05) is 24.3 Å². The number of hydrogen-bond donors (Lipinski definition) is 2. The minimum absolute atomic E-state index is 0.206. The molecule has 2 aromatic carbocycles. The largest absolute Gasteiger partial charge is 0.497 e. The van der Waals surface area contributed by atoms with Crippen LogP contribution in [0.3, 0.4) is 0 Å². The Bertz CT molecular complexity index is 658. The third-order valence-electron chi connectivity index (χ3n) is 3.41. The highest BCUT2D eigenvalue weighted by Gasteiger charge is 2.00. The number of ether oxygens (including phenoxy) is 1. The Balaban J connectivity index is 1.79. The summed E-state index contributed by atoms with van der Waals surface area (Å²) in [5.41, 5.74) is 2.07. The van der Waals surface area contributed by atoms with Crippen LogP contribution in [0.25, 0.3) is 0 Å². The van der Waals surface area contributed by atoms with Gasteiger partial charge in [0.15, 0.2) is 5.96 Å². The third-order valence-corrected chi connectivity index (χ3v) is 3.41. The number of aliphatic imine (C=N–C) groups is 1. The topological polar surface area (TPSA) is 45.7 Å². The molecule has 0 radical (unpaired) electrons. The number of methoxy groups -OCH3 is 1. The molecule has 0 atom stereocenters. The Labute approximate surface area is 136 Å². The molecule has 23 heavy (non-hydrogen) atoms. The Hall–Kier alpha value is -2.56. The lowest BCUT2D eigenvalue weighted by molar-refractivity contribution is 0.414. The molecule has 0 unspecified atom stereocenters. The average molecular weight is 315 g/mol. The van der Waals surface area contributed by atoms with E-state index in [-0.39, 0.29) is 5.82 Å². The molecule has 122 valence electrons. The van der Waals surface area contributed by atoms with E-state index >= 15 is 0 Å². The standard InChI is InChI=1S/C18H22FN3O/c1-20-18(21-10-9-14-5-3-7-16(19)11-14)22-13-15-6-4-8-17(12-15)23-2/h3-8,11-12H,9-10,13H2,1-2H3,(H2,20,21,22). The number of nitrogens with one attached hydrogen (secondary N) is 2. The molecule has 0 saturated carbocycles. The SMILES string of the molecule is CN=C(NCCc1cccc(F)c1)NCc1cccc(OC)c1. The van der Waals surface area contributed by atoms with Crippen LogP contribution in [0.5, 0.6) is 5.75 Å². The lowest BCUT2D eigenvalue weighted by Crippen LogP contribution is -2.37. The molecular formula is C18H22FN3O. The molecule has 0 aliphatic heterocycles. The first-order chi connectivity index (χ1) is 11.2. The zero-order valence-electron chi connectivity index (χ0n) is 13.5. The molecule has 2 N–H and O–H groups in total. The minimum Gasteiger partial charge on any atom is -0.497 e. The van der Waals surface area contributed by atoms with Gasteiger partial charge in [-0.05, 0) is 41.8 Å². The second-order valence-corrected chi connectivity index (χ2v) is 5.08. The van der Waals surface area contributed by atoms with E-state index in [2.05, 4.69) is 15.6 Å². The molecule has 0 aromatic heterocycles. The van der Waals surface area contributed by atoms with Gasteiger partial charge >= 0.3 is 0 Å². The molecular weight excluding hydrogens is 293 g/mol. The highest BCUT2D eigenvalue weighted by atomic mass is 19.1. The lowest BCUT2D eigenvalue weighted by atomic mass is 10.1. The van der Waals surface area contributed by atoms with Gasteiger partial charge in [-0.15, -0.1) is 0 Å². The molecule has 5 heteroatoms.